The largest absolute Gasteiger partial charge is 0.399 e. The number of carbonyl (C=O) groups excluding carboxylic acids is 1. The lowest BCUT2D eigenvalue weighted by atomic mass is 9.99. The summed E-state index contributed by atoms with van der Waals surface area (Å²) in [4.78, 5) is 14.7. The maximum absolute atomic E-state index is 12.2. The van der Waals surface area contributed by atoms with Crippen LogP contribution in [0.25, 0.3) is 0 Å². The SMILES string of the molecule is Cl.Nc1cccc(CC(=O)NC2CCN3CCCCC23)c1. The zero-order chi connectivity index (χ0) is 13.9. The molecule has 2 aliphatic heterocycles. The monoisotopic (exact) mass is 309 g/mol. The van der Waals surface area contributed by atoms with Gasteiger partial charge in [0.1, 0.15) is 0 Å². The van der Waals surface area contributed by atoms with Gasteiger partial charge in [0.25, 0.3) is 0 Å². The molecule has 1 aromatic carbocycles. The van der Waals surface area contributed by atoms with E-state index in [2.05, 4.69) is 10.2 Å². The van der Waals surface area contributed by atoms with Crippen molar-refractivity contribution in [2.75, 3.05) is 18.8 Å². The van der Waals surface area contributed by atoms with Gasteiger partial charge in [-0.25, -0.2) is 0 Å². The number of piperidine rings is 1. The first kappa shape index (κ1) is 16.1. The minimum absolute atomic E-state index is 0. The lowest BCUT2D eigenvalue weighted by Gasteiger charge is -2.32. The van der Waals surface area contributed by atoms with E-state index in [-0.39, 0.29) is 18.3 Å². The molecule has 0 aromatic heterocycles. The molecule has 2 atom stereocenters. The van der Waals surface area contributed by atoms with E-state index < -0.39 is 0 Å². The van der Waals surface area contributed by atoms with E-state index in [4.69, 9.17) is 5.73 Å². The van der Waals surface area contributed by atoms with Crippen LogP contribution in [0, 0.1) is 0 Å². The van der Waals surface area contributed by atoms with Crippen LogP contribution in [0.5, 0.6) is 0 Å². The first-order chi connectivity index (χ1) is 9.72. The summed E-state index contributed by atoms with van der Waals surface area (Å²) < 4.78 is 0. The highest BCUT2D eigenvalue weighted by Gasteiger charge is 2.35. The standard InChI is InChI=1S/C16H23N3O.ClH/c17-13-5-3-4-12(10-13)11-16(20)18-14-7-9-19-8-2-1-6-15(14)19;/h3-5,10,14-15H,1-2,6-9,11,17H2,(H,18,20);1H. The van der Waals surface area contributed by atoms with Gasteiger partial charge in [-0.1, -0.05) is 18.6 Å². The topological polar surface area (TPSA) is 58.4 Å². The normalized spacial score (nSPS) is 25.0. The van der Waals surface area contributed by atoms with Crippen molar-refractivity contribution in [3.63, 3.8) is 0 Å². The molecule has 2 unspecified atom stereocenters. The second kappa shape index (κ2) is 7.14. The number of nitrogen functional groups attached to an aromatic ring is 1. The van der Waals surface area contributed by atoms with Crippen molar-refractivity contribution >= 4 is 24.0 Å². The Morgan fingerprint density at radius 1 is 1.29 bits per heavy atom. The number of anilines is 1. The zero-order valence-electron chi connectivity index (χ0n) is 12.3. The van der Waals surface area contributed by atoms with Crippen molar-refractivity contribution in [3.05, 3.63) is 29.8 Å². The molecule has 3 rings (SSSR count). The van der Waals surface area contributed by atoms with Crippen LogP contribution in [0.4, 0.5) is 5.69 Å². The first-order valence-corrected chi connectivity index (χ1v) is 7.60. The fraction of sp³-hybridized carbons (Fsp3) is 0.562. The number of amides is 1. The quantitative estimate of drug-likeness (QED) is 0.839. The molecular formula is C16H24ClN3O. The lowest BCUT2D eigenvalue weighted by molar-refractivity contribution is -0.121. The van der Waals surface area contributed by atoms with Crippen molar-refractivity contribution in [1.82, 2.24) is 10.2 Å². The number of nitrogens with two attached hydrogens (primary N) is 1. The fourth-order valence-electron chi connectivity index (χ4n) is 3.56. The molecule has 0 radical (unpaired) electrons. The van der Waals surface area contributed by atoms with Crippen LogP contribution in [0.3, 0.4) is 0 Å². The summed E-state index contributed by atoms with van der Waals surface area (Å²) in [6.07, 6.45) is 5.34. The third kappa shape index (κ3) is 3.89. The van der Waals surface area contributed by atoms with Gasteiger partial charge in [-0.15, -0.1) is 12.4 Å². The predicted octanol–water partition coefficient (Wildman–Crippen LogP) is 1.98. The predicted molar refractivity (Wildman–Crippen MR) is 87.6 cm³/mol. The van der Waals surface area contributed by atoms with E-state index in [0.29, 0.717) is 18.5 Å². The number of rotatable bonds is 3. The number of benzene rings is 1. The second-order valence-electron chi connectivity index (χ2n) is 5.98. The van der Waals surface area contributed by atoms with Gasteiger partial charge in [-0.05, 0) is 43.5 Å². The molecule has 21 heavy (non-hydrogen) atoms. The van der Waals surface area contributed by atoms with Crippen molar-refractivity contribution in [3.8, 4) is 0 Å². The molecule has 4 nitrogen and oxygen atoms in total. The number of hydrogen-bond donors (Lipinski definition) is 2. The smallest absolute Gasteiger partial charge is 0.224 e. The van der Waals surface area contributed by atoms with Crippen LogP contribution < -0.4 is 11.1 Å². The third-order valence-corrected chi connectivity index (χ3v) is 4.52. The summed E-state index contributed by atoms with van der Waals surface area (Å²) in [7, 11) is 0. The Kier molecular flexibility index (Phi) is 5.48. The highest BCUT2D eigenvalue weighted by atomic mass is 35.5. The number of nitrogens with one attached hydrogen (secondary N) is 1. The molecule has 2 aliphatic rings. The van der Waals surface area contributed by atoms with Crippen LogP contribution in [-0.2, 0) is 11.2 Å². The van der Waals surface area contributed by atoms with Crippen LogP contribution in [0.1, 0.15) is 31.2 Å². The Bertz CT molecular complexity index is 494. The fourth-order valence-corrected chi connectivity index (χ4v) is 3.56. The number of nitrogens with zero attached hydrogens (tertiary/aromatic N) is 1. The molecule has 0 spiro atoms. The Morgan fingerprint density at radius 2 is 2.14 bits per heavy atom. The second-order valence-corrected chi connectivity index (χ2v) is 5.98. The summed E-state index contributed by atoms with van der Waals surface area (Å²) in [5, 5.41) is 3.22. The van der Waals surface area contributed by atoms with Crippen LogP contribution >= 0.6 is 12.4 Å². The van der Waals surface area contributed by atoms with Crippen molar-refractivity contribution in [2.24, 2.45) is 0 Å². The summed E-state index contributed by atoms with van der Waals surface area (Å²) in [5.74, 6) is 0.119. The van der Waals surface area contributed by atoms with Crippen molar-refractivity contribution < 1.29 is 4.79 Å². The maximum atomic E-state index is 12.2. The lowest BCUT2D eigenvalue weighted by Crippen LogP contribution is -2.47. The maximum Gasteiger partial charge on any atom is 0.224 e. The third-order valence-electron chi connectivity index (χ3n) is 4.52. The van der Waals surface area contributed by atoms with Gasteiger partial charge >= 0.3 is 0 Å². The number of halogens is 1. The molecule has 2 fully saturated rings. The highest BCUT2D eigenvalue weighted by Crippen LogP contribution is 2.27. The summed E-state index contributed by atoms with van der Waals surface area (Å²) in [6, 6.07) is 8.48. The van der Waals surface area contributed by atoms with Gasteiger partial charge < -0.3 is 11.1 Å². The number of carbonyl (C=O) groups is 1. The molecule has 2 heterocycles. The summed E-state index contributed by atoms with van der Waals surface area (Å²) in [6.45, 7) is 2.33. The Hall–Kier alpha value is -1.26. The van der Waals surface area contributed by atoms with E-state index in [1.165, 1.54) is 25.8 Å². The molecule has 0 bridgehead atoms. The first-order valence-electron chi connectivity index (χ1n) is 7.60. The van der Waals surface area contributed by atoms with Gasteiger partial charge in [-0.3, -0.25) is 9.69 Å². The minimum Gasteiger partial charge on any atom is -0.399 e. The Labute approximate surface area is 132 Å². The number of fused-ring (bicyclic) bond motifs is 1. The van der Waals surface area contributed by atoms with Gasteiger partial charge in [0, 0.05) is 24.3 Å². The van der Waals surface area contributed by atoms with Crippen molar-refractivity contribution in [2.45, 2.75) is 44.2 Å². The average molecular weight is 310 g/mol. The molecule has 0 saturated carbocycles. The molecule has 116 valence electrons. The van der Waals surface area contributed by atoms with E-state index in [1.807, 2.05) is 24.3 Å². The van der Waals surface area contributed by atoms with E-state index in [0.717, 1.165) is 24.2 Å². The Morgan fingerprint density at radius 3 is 2.95 bits per heavy atom. The summed E-state index contributed by atoms with van der Waals surface area (Å²) in [5.41, 5.74) is 7.45. The zero-order valence-corrected chi connectivity index (χ0v) is 13.1. The van der Waals surface area contributed by atoms with E-state index >= 15 is 0 Å². The Balaban J connectivity index is 0.00000161. The van der Waals surface area contributed by atoms with E-state index in [1.54, 1.807) is 0 Å². The molecule has 2 saturated heterocycles. The highest BCUT2D eigenvalue weighted by molar-refractivity contribution is 5.85. The van der Waals surface area contributed by atoms with Crippen molar-refractivity contribution in [1.29, 1.82) is 0 Å². The molecule has 1 amide bonds. The van der Waals surface area contributed by atoms with Crippen LogP contribution in [-0.4, -0.2) is 36.0 Å². The minimum atomic E-state index is 0. The number of hydrogen-bond acceptors (Lipinski definition) is 3. The van der Waals surface area contributed by atoms with E-state index in [9.17, 15) is 4.79 Å². The van der Waals surface area contributed by atoms with Crippen LogP contribution in [0.2, 0.25) is 0 Å². The molecular weight excluding hydrogens is 286 g/mol. The van der Waals surface area contributed by atoms with Crippen LogP contribution in [0.15, 0.2) is 24.3 Å². The van der Waals surface area contributed by atoms with Gasteiger partial charge in [0.2, 0.25) is 5.91 Å². The van der Waals surface area contributed by atoms with Gasteiger partial charge in [0.05, 0.1) is 6.42 Å². The summed E-state index contributed by atoms with van der Waals surface area (Å²) >= 11 is 0. The molecule has 5 heteroatoms. The molecule has 0 aliphatic carbocycles. The molecule has 1 aromatic rings. The average Bonchev–Trinajstić information content (AvgIpc) is 2.82. The molecule has 3 N–H and O–H groups in total. The van der Waals surface area contributed by atoms with Gasteiger partial charge in [-0.2, -0.15) is 0 Å². The van der Waals surface area contributed by atoms with Gasteiger partial charge in [0.15, 0.2) is 0 Å².